The number of esters is 1. The number of aryl methyl sites for hydroxylation is 1. The van der Waals surface area contributed by atoms with E-state index < -0.39 is 28.5 Å². The van der Waals surface area contributed by atoms with E-state index in [9.17, 15) is 18.0 Å². The highest BCUT2D eigenvalue weighted by atomic mass is 35.5. The summed E-state index contributed by atoms with van der Waals surface area (Å²) in [5, 5.41) is 2.50. The molecule has 0 saturated heterocycles. The first kappa shape index (κ1) is 21.9. The summed E-state index contributed by atoms with van der Waals surface area (Å²) in [5.41, 5.74) is 1.45. The lowest BCUT2D eigenvalue weighted by molar-refractivity contribution is -0.124. The van der Waals surface area contributed by atoms with Crippen molar-refractivity contribution in [1.82, 2.24) is 5.32 Å². The van der Waals surface area contributed by atoms with Crippen LogP contribution in [0.3, 0.4) is 0 Å². The average molecular weight is 449 g/mol. The van der Waals surface area contributed by atoms with E-state index in [2.05, 4.69) is 11.9 Å². The maximum Gasteiger partial charge on any atom is 0.340 e. The highest BCUT2D eigenvalue weighted by Gasteiger charge is 2.30. The van der Waals surface area contributed by atoms with Crippen LogP contribution in [-0.4, -0.2) is 40.0 Å². The Morgan fingerprint density at radius 2 is 2.00 bits per heavy atom. The first-order valence-electron chi connectivity index (χ1n) is 9.29. The number of amides is 1. The second-order valence-corrected chi connectivity index (χ2v) is 8.89. The van der Waals surface area contributed by atoms with Crippen molar-refractivity contribution in [1.29, 1.82) is 0 Å². The van der Waals surface area contributed by atoms with Gasteiger partial charge in [-0.2, -0.15) is 0 Å². The molecule has 1 heterocycles. The number of rotatable bonds is 7. The molecule has 30 heavy (non-hydrogen) atoms. The van der Waals surface area contributed by atoms with Crippen molar-refractivity contribution < 1.29 is 22.7 Å². The van der Waals surface area contributed by atoms with Gasteiger partial charge in [0.2, 0.25) is 0 Å². The number of nitrogens with one attached hydrogen (secondary N) is 1. The molecule has 0 radical (unpaired) electrons. The maximum atomic E-state index is 13.3. The molecular weight excluding hydrogens is 428 g/mol. The summed E-state index contributed by atoms with van der Waals surface area (Å²) >= 11 is 6.08. The second kappa shape index (κ2) is 9.32. The number of benzene rings is 2. The van der Waals surface area contributed by atoms with Crippen LogP contribution in [0, 0.1) is 0 Å². The summed E-state index contributed by atoms with van der Waals surface area (Å²) in [7, 11) is -3.91. The highest BCUT2D eigenvalue weighted by molar-refractivity contribution is 7.92. The van der Waals surface area contributed by atoms with Gasteiger partial charge in [-0.3, -0.25) is 9.10 Å². The fourth-order valence-corrected chi connectivity index (χ4v) is 4.91. The lowest BCUT2D eigenvalue weighted by Gasteiger charge is -2.30. The van der Waals surface area contributed by atoms with Crippen molar-refractivity contribution in [2.24, 2.45) is 0 Å². The second-order valence-electron chi connectivity index (χ2n) is 6.62. The number of carbonyl (C=O) groups is 2. The zero-order chi connectivity index (χ0) is 21.7. The topological polar surface area (TPSA) is 92.8 Å². The highest BCUT2D eigenvalue weighted by Crippen LogP contribution is 2.32. The number of halogens is 1. The number of carbonyl (C=O) groups excluding carboxylic acids is 2. The Labute approximate surface area is 180 Å². The normalized spacial score (nSPS) is 13.3. The quantitative estimate of drug-likeness (QED) is 0.519. The summed E-state index contributed by atoms with van der Waals surface area (Å²) in [4.78, 5) is 23.9. The van der Waals surface area contributed by atoms with Gasteiger partial charge in [-0.1, -0.05) is 35.9 Å². The first-order chi connectivity index (χ1) is 14.3. The van der Waals surface area contributed by atoms with Crippen molar-refractivity contribution >= 4 is 39.2 Å². The Hall–Kier alpha value is -2.84. The van der Waals surface area contributed by atoms with Crippen LogP contribution < -0.4 is 9.62 Å². The van der Waals surface area contributed by atoms with Crippen LogP contribution in [0.4, 0.5) is 5.69 Å². The Kier molecular flexibility index (Phi) is 6.79. The van der Waals surface area contributed by atoms with Crippen LogP contribution in [0.2, 0.25) is 5.02 Å². The number of para-hydroxylation sites is 1. The summed E-state index contributed by atoms with van der Waals surface area (Å²) < 4.78 is 32.9. The molecule has 3 rings (SSSR count). The number of hydrogen-bond donors (Lipinski definition) is 1. The van der Waals surface area contributed by atoms with Gasteiger partial charge in [0.15, 0.2) is 6.61 Å². The molecule has 158 valence electrons. The molecule has 0 saturated carbocycles. The third kappa shape index (κ3) is 4.66. The van der Waals surface area contributed by atoms with E-state index in [0.29, 0.717) is 18.7 Å². The predicted octanol–water partition coefficient (Wildman–Crippen LogP) is 2.94. The van der Waals surface area contributed by atoms with Gasteiger partial charge >= 0.3 is 5.97 Å². The molecule has 0 atom stereocenters. The van der Waals surface area contributed by atoms with Crippen molar-refractivity contribution in [2.75, 3.05) is 24.0 Å². The van der Waals surface area contributed by atoms with Gasteiger partial charge in [-0.15, -0.1) is 6.58 Å². The molecule has 0 bridgehead atoms. The molecule has 0 spiro atoms. The Morgan fingerprint density at radius 1 is 1.23 bits per heavy atom. The molecule has 9 heteroatoms. The minimum atomic E-state index is -3.91. The molecule has 2 aromatic carbocycles. The van der Waals surface area contributed by atoms with Gasteiger partial charge < -0.3 is 10.1 Å². The number of sulfonamides is 1. The largest absolute Gasteiger partial charge is 0.452 e. The maximum absolute atomic E-state index is 13.3. The molecule has 1 N–H and O–H groups in total. The van der Waals surface area contributed by atoms with Crippen LogP contribution in [-0.2, 0) is 26.0 Å². The number of hydrogen-bond acceptors (Lipinski definition) is 5. The fourth-order valence-electron chi connectivity index (χ4n) is 3.14. The van der Waals surface area contributed by atoms with E-state index in [1.165, 1.54) is 28.6 Å². The van der Waals surface area contributed by atoms with Gasteiger partial charge in [0.1, 0.15) is 0 Å². The monoisotopic (exact) mass is 448 g/mol. The Bertz CT molecular complexity index is 1080. The van der Waals surface area contributed by atoms with E-state index in [1.807, 2.05) is 12.1 Å². The molecule has 1 amide bonds. The Balaban J connectivity index is 1.85. The van der Waals surface area contributed by atoms with E-state index in [1.54, 1.807) is 12.1 Å². The average Bonchev–Trinajstić information content (AvgIpc) is 2.75. The minimum absolute atomic E-state index is 0.0319. The molecule has 1 aliphatic heterocycles. The molecule has 0 aromatic heterocycles. The number of nitrogens with zero attached hydrogens (tertiary/aromatic N) is 1. The summed E-state index contributed by atoms with van der Waals surface area (Å²) in [6.07, 6.45) is 2.98. The third-order valence-corrected chi connectivity index (χ3v) is 6.73. The summed E-state index contributed by atoms with van der Waals surface area (Å²) in [5.74, 6) is -1.39. The molecule has 0 fully saturated rings. The van der Waals surface area contributed by atoms with E-state index >= 15 is 0 Å². The lowest BCUT2D eigenvalue weighted by atomic mass is 10.0. The van der Waals surface area contributed by atoms with Crippen molar-refractivity contribution in [3.63, 3.8) is 0 Å². The standard InChI is InChI=1S/C21H21ClN2O5S/c1-2-11-23-20(25)14-29-21(26)17-13-16(9-10-18(17)22)30(27,28)24-12-5-7-15-6-3-4-8-19(15)24/h2-4,6,8-10,13H,1,5,7,11-12,14H2,(H,23,25). The SMILES string of the molecule is C=CCNC(=O)COC(=O)c1cc(S(=O)(=O)N2CCCc3ccccc32)ccc1Cl. The first-order valence-corrected chi connectivity index (χ1v) is 11.1. The van der Waals surface area contributed by atoms with Crippen LogP contribution in [0.15, 0.2) is 60.0 Å². The number of anilines is 1. The van der Waals surface area contributed by atoms with Gasteiger partial charge in [0.25, 0.3) is 15.9 Å². The van der Waals surface area contributed by atoms with Crippen LogP contribution in [0.1, 0.15) is 22.3 Å². The molecule has 0 aliphatic carbocycles. The van der Waals surface area contributed by atoms with Gasteiger partial charge in [0.05, 0.1) is 21.2 Å². The smallest absolute Gasteiger partial charge is 0.340 e. The molecular formula is C21H21ClN2O5S. The van der Waals surface area contributed by atoms with E-state index in [4.69, 9.17) is 16.3 Å². The zero-order valence-corrected chi connectivity index (χ0v) is 17.7. The molecule has 2 aromatic rings. The molecule has 1 aliphatic rings. The number of fused-ring (bicyclic) bond motifs is 1. The van der Waals surface area contributed by atoms with Crippen molar-refractivity contribution in [3.8, 4) is 0 Å². The molecule has 7 nitrogen and oxygen atoms in total. The molecule has 0 unspecified atom stereocenters. The van der Waals surface area contributed by atoms with Crippen LogP contribution in [0.5, 0.6) is 0 Å². The van der Waals surface area contributed by atoms with E-state index in [-0.39, 0.29) is 22.0 Å². The van der Waals surface area contributed by atoms with Crippen LogP contribution in [0.25, 0.3) is 0 Å². The third-order valence-electron chi connectivity index (χ3n) is 4.59. The lowest BCUT2D eigenvalue weighted by Crippen LogP contribution is -2.35. The van der Waals surface area contributed by atoms with Crippen molar-refractivity contribution in [3.05, 3.63) is 71.3 Å². The zero-order valence-electron chi connectivity index (χ0n) is 16.1. The predicted molar refractivity (Wildman–Crippen MR) is 114 cm³/mol. The number of ether oxygens (including phenoxy) is 1. The van der Waals surface area contributed by atoms with Gasteiger partial charge in [-0.25, -0.2) is 13.2 Å². The van der Waals surface area contributed by atoms with Crippen molar-refractivity contribution in [2.45, 2.75) is 17.7 Å². The van der Waals surface area contributed by atoms with Gasteiger partial charge in [-0.05, 0) is 42.7 Å². The van der Waals surface area contributed by atoms with Gasteiger partial charge in [0, 0.05) is 13.1 Å². The minimum Gasteiger partial charge on any atom is -0.452 e. The summed E-state index contributed by atoms with van der Waals surface area (Å²) in [6, 6.07) is 11.2. The fraction of sp³-hybridized carbons (Fsp3) is 0.238. The van der Waals surface area contributed by atoms with Crippen LogP contribution >= 0.6 is 11.6 Å². The van der Waals surface area contributed by atoms with E-state index in [0.717, 1.165) is 12.0 Å². The summed E-state index contributed by atoms with van der Waals surface area (Å²) in [6.45, 7) is 3.53. The Morgan fingerprint density at radius 3 is 2.77 bits per heavy atom.